The summed E-state index contributed by atoms with van der Waals surface area (Å²) < 4.78 is 0. The quantitative estimate of drug-likeness (QED) is 0.108. The fourth-order valence-electron chi connectivity index (χ4n) is 4.89. The lowest BCUT2D eigenvalue weighted by molar-refractivity contribution is -0.134. The topological polar surface area (TPSA) is 80.4 Å². The third-order valence-electron chi connectivity index (χ3n) is 7.21. The van der Waals surface area contributed by atoms with Crippen molar-refractivity contribution in [3.05, 3.63) is 0 Å². The van der Waals surface area contributed by atoms with E-state index in [9.17, 15) is 4.79 Å². The number of nitrogens with two attached hydrogens (primary N) is 1. The Morgan fingerprint density at radius 3 is 0.889 bits per heavy atom. The lowest BCUT2D eigenvalue weighted by Crippen LogP contribution is -2.23. The molecule has 0 radical (unpaired) electrons. The molecule has 0 saturated heterocycles. The molecule has 0 aromatic carbocycles. The summed E-state index contributed by atoms with van der Waals surface area (Å²) in [6, 6.07) is 0. The van der Waals surface area contributed by atoms with E-state index in [1.54, 1.807) is 0 Å². The summed E-state index contributed by atoms with van der Waals surface area (Å²) in [6.45, 7) is 5.64. The van der Waals surface area contributed by atoms with Crippen molar-refractivity contribution >= 4 is 11.9 Å². The van der Waals surface area contributed by atoms with Crippen molar-refractivity contribution in [3.8, 4) is 0 Å². The van der Waals surface area contributed by atoms with Gasteiger partial charge in [0.25, 0.3) is 5.97 Å². The molecule has 1 atom stereocenters. The zero-order valence-corrected chi connectivity index (χ0v) is 24.8. The van der Waals surface area contributed by atoms with E-state index >= 15 is 0 Å². The second-order valence-electron chi connectivity index (χ2n) is 11.0. The van der Waals surface area contributed by atoms with Gasteiger partial charge in [-0.15, -0.1) is 0 Å². The van der Waals surface area contributed by atoms with Gasteiger partial charge in [-0.1, -0.05) is 168 Å². The number of carboxylic acid groups (broad SMARTS) is 1. The van der Waals surface area contributed by atoms with Crippen molar-refractivity contribution in [1.29, 1.82) is 0 Å². The molecule has 0 aromatic rings. The minimum absolute atomic E-state index is 0.0612. The average Bonchev–Trinajstić information content (AvgIpc) is 2.83. The maximum Gasteiger partial charge on any atom is 0.300 e. The molecule has 0 heterocycles. The molecular formula is C32H65NO3. The second kappa shape index (κ2) is 32.0. The summed E-state index contributed by atoms with van der Waals surface area (Å²) in [6.07, 6.45) is 35.0. The van der Waals surface area contributed by atoms with E-state index in [-0.39, 0.29) is 11.8 Å². The number of hydrogen-bond acceptors (Lipinski definition) is 2. The van der Waals surface area contributed by atoms with Crippen molar-refractivity contribution < 1.29 is 14.7 Å². The number of carboxylic acids is 1. The molecule has 0 fully saturated rings. The molecule has 0 aromatic heterocycles. The van der Waals surface area contributed by atoms with Crippen LogP contribution in [0.1, 0.15) is 188 Å². The van der Waals surface area contributed by atoms with E-state index < -0.39 is 5.97 Å². The monoisotopic (exact) mass is 511 g/mol. The summed E-state index contributed by atoms with van der Waals surface area (Å²) in [5.41, 5.74) is 5.66. The second-order valence-corrected chi connectivity index (χ2v) is 11.0. The summed E-state index contributed by atoms with van der Waals surface area (Å²) in [5.74, 6) is -0.768. The fraction of sp³-hybridized carbons (Fsp3) is 0.938. The number of primary amides is 1. The molecule has 1 unspecified atom stereocenters. The SMILES string of the molecule is CC(=O)O.CCCCCCCCCCCCCCCCCCC(CCCCCCCCCC)C(N)=O. The lowest BCUT2D eigenvalue weighted by atomic mass is 9.93. The Morgan fingerprint density at radius 2 is 0.694 bits per heavy atom. The predicted octanol–water partition coefficient (Wildman–Crippen LogP) is 10.4. The molecule has 1 amide bonds. The molecule has 4 nitrogen and oxygen atoms in total. The van der Waals surface area contributed by atoms with Crippen molar-refractivity contribution in [2.24, 2.45) is 11.7 Å². The minimum atomic E-state index is -0.833. The Balaban J connectivity index is 0. The van der Waals surface area contributed by atoms with E-state index in [1.807, 2.05) is 0 Å². The van der Waals surface area contributed by atoms with Gasteiger partial charge in [0.1, 0.15) is 0 Å². The first kappa shape index (κ1) is 37.1. The minimum Gasteiger partial charge on any atom is -0.481 e. The highest BCUT2D eigenvalue weighted by Crippen LogP contribution is 2.20. The van der Waals surface area contributed by atoms with E-state index in [0.29, 0.717) is 0 Å². The molecule has 0 aliphatic rings. The van der Waals surface area contributed by atoms with Crippen LogP contribution in [0.25, 0.3) is 0 Å². The number of amides is 1. The van der Waals surface area contributed by atoms with E-state index in [4.69, 9.17) is 15.6 Å². The molecular weight excluding hydrogens is 446 g/mol. The van der Waals surface area contributed by atoms with Crippen LogP contribution in [0.5, 0.6) is 0 Å². The Hall–Kier alpha value is -1.06. The van der Waals surface area contributed by atoms with E-state index in [2.05, 4.69) is 13.8 Å². The molecule has 0 aliphatic heterocycles. The number of aliphatic carboxylic acids is 1. The highest BCUT2D eigenvalue weighted by molar-refractivity contribution is 5.76. The Morgan fingerprint density at radius 1 is 0.500 bits per heavy atom. The molecule has 216 valence electrons. The van der Waals surface area contributed by atoms with Gasteiger partial charge in [0.15, 0.2) is 0 Å². The number of carbonyl (C=O) groups excluding carboxylic acids is 1. The average molecular weight is 512 g/mol. The maximum absolute atomic E-state index is 11.8. The fourth-order valence-corrected chi connectivity index (χ4v) is 4.89. The number of unbranched alkanes of at least 4 members (excludes halogenated alkanes) is 22. The highest BCUT2D eigenvalue weighted by atomic mass is 16.4. The summed E-state index contributed by atoms with van der Waals surface area (Å²) >= 11 is 0. The van der Waals surface area contributed by atoms with Crippen molar-refractivity contribution in [2.45, 2.75) is 188 Å². The van der Waals surface area contributed by atoms with Gasteiger partial charge < -0.3 is 10.8 Å². The van der Waals surface area contributed by atoms with E-state index in [0.717, 1.165) is 19.8 Å². The van der Waals surface area contributed by atoms with Crippen LogP contribution in [-0.4, -0.2) is 17.0 Å². The first-order chi connectivity index (χ1) is 17.5. The van der Waals surface area contributed by atoms with Gasteiger partial charge in [0.2, 0.25) is 5.91 Å². The third kappa shape index (κ3) is 35.1. The smallest absolute Gasteiger partial charge is 0.300 e. The Kier molecular flexibility index (Phi) is 32.9. The third-order valence-corrected chi connectivity index (χ3v) is 7.21. The van der Waals surface area contributed by atoms with E-state index in [1.165, 1.54) is 154 Å². The standard InChI is InChI=1S/C30H61NO.C2H4O2/c1-3-5-7-9-11-13-14-15-16-17-18-19-20-22-24-26-28-29(30(31)32)27-25-23-21-12-10-8-6-4-2;1-2(3)4/h29H,3-28H2,1-2H3,(H2,31,32);1H3,(H,3,4). The highest BCUT2D eigenvalue weighted by Gasteiger charge is 2.14. The lowest BCUT2D eigenvalue weighted by Gasteiger charge is -2.13. The van der Waals surface area contributed by atoms with Crippen LogP contribution in [0.3, 0.4) is 0 Å². The van der Waals surface area contributed by atoms with Crippen LogP contribution >= 0.6 is 0 Å². The van der Waals surface area contributed by atoms with Gasteiger partial charge in [-0.25, -0.2) is 0 Å². The van der Waals surface area contributed by atoms with Crippen LogP contribution in [-0.2, 0) is 9.59 Å². The molecule has 4 heteroatoms. The van der Waals surface area contributed by atoms with Gasteiger partial charge >= 0.3 is 0 Å². The molecule has 0 aliphatic carbocycles. The van der Waals surface area contributed by atoms with Crippen LogP contribution in [0.15, 0.2) is 0 Å². The molecule has 0 saturated carbocycles. The predicted molar refractivity (Wildman–Crippen MR) is 157 cm³/mol. The van der Waals surface area contributed by atoms with Crippen molar-refractivity contribution in [3.63, 3.8) is 0 Å². The first-order valence-electron chi connectivity index (χ1n) is 15.9. The van der Waals surface area contributed by atoms with Crippen LogP contribution in [0.2, 0.25) is 0 Å². The largest absolute Gasteiger partial charge is 0.481 e. The van der Waals surface area contributed by atoms with Gasteiger partial charge in [0.05, 0.1) is 0 Å². The van der Waals surface area contributed by atoms with Crippen LogP contribution in [0, 0.1) is 5.92 Å². The van der Waals surface area contributed by atoms with Gasteiger partial charge in [-0.05, 0) is 12.8 Å². The summed E-state index contributed by atoms with van der Waals surface area (Å²) in [5, 5.41) is 7.42. The molecule has 3 N–H and O–H groups in total. The van der Waals surface area contributed by atoms with Gasteiger partial charge in [0, 0.05) is 12.8 Å². The normalized spacial score (nSPS) is 11.6. The van der Waals surface area contributed by atoms with Gasteiger partial charge in [-0.3, -0.25) is 9.59 Å². The number of carbonyl (C=O) groups is 2. The molecule has 0 spiro atoms. The zero-order chi connectivity index (χ0) is 27.1. The Labute approximate surface area is 226 Å². The first-order valence-corrected chi connectivity index (χ1v) is 15.9. The molecule has 36 heavy (non-hydrogen) atoms. The maximum atomic E-state index is 11.8. The summed E-state index contributed by atoms with van der Waals surface area (Å²) in [4.78, 5) is 20.8. The van der Waals surface area contributed by atoms with Crippen molar-refractivity contribution in [2.75, 3.05) is 0 Å². The van der Waals surface area contributed by atoms with Gasteiger partial charge in [-0.2, -0.15) is 0 Å². The van der Waals surface area contributed by atoms with Crippen LogP contribution in [0.4, 0.5) is 0 Å². The number of rotatable bonds is 27. The van der Waals surface area contributed by atoms with Crippen LogP contribution < -0.4 is 5.73 Å². The zero-order valence-electron chi connectivity index (χ0n) is 24.8. The number of hydrogen-bond donors (Lipinski definition) is 2. The summed E-state index contributed by atoms with van der Waals surface area (Å²) in [7, 11) is 0. The molecule has 0 bridgehead atoms. The van der Waals surface area contributed by atoms with Crippen molar-refractivity contribution in [1.82, 2.24) is 0 Å². The Bertz CT molecular complexity index is 449. The molecule has 0 rings (SSSR count).